The van der Waals surface area contributed by atoms with Gasteiger partial charge in [0.15, 0.2) is 17.5 Å². The predicted molar refractivity (Wildman–Crippen MR) is 277 cm³/mol. The second kappa shape index (κ2) is 14.7. The number of para-hydroxylation sites is 2. The Balaban J connectivity index is 1.04. The molecule has 0 aliphatic rings. The molecule has 0 fully saturated rings. The average molecular weight is 853 g/mol. The fraction of sp³-hybridized carbons (Fsp3) is 0. The fourth-order valence-electron chi connectivity index (χ4n) is 10.4. The first kappa shape index (κ1) is 37.3. The Morgan fingerprint density at radius 3 is 1.58 bits per heavy atom. The highest BCUT2D eigenvalue weighted by atomic mass is 16.3. The van der Waals surface area contributed by atoms with Gasteiger partial charge in [0.25, 0.3) is 0 Å². The Labute approximate surface area is 384 Å². The first-order chi connectivity index (χ1) is 33.2. The van der Waals surface area contributed by atoms with Gasteiger partial charge < -0.3 is 4.42 Å². The molecule has 3 heterocycles. The monoisotopic (exact) mass is 852 g/mol. The molecule has 5 heteroatoms. The lowest BCUT2D eigenvalue weighted by Crippen LogP contribution is -2.00. The van der Waals surface area contributed by atoms with Crippen LogP contribution in [0, 0.1) is 0 Å². The van der Waals surface area contributed by atoms with E-state index in [0.29, 0.717) is 17.5 Å². The zero-order chi connectivity index (χ0) is 44.0. The van der Waals surface area contributed by atoms with Crippen LogP contribution in [0.5, 0.6) is 0 Å². The molecule has 0 radical (unpaired) electrons. The van der Waals surface area contributed by atoms with Crippen molar-refractivity contribution in [3.63, 3.8) is 0 Å². The van der Waals surface area contributed by atoms with E-state index in [1.807, 2.05) is 36.4 Å². The summed E-state index contributed by atoms with van der Waals surface area (Å²) in [5, 5.41) is 15.0. The summed E-state index contributed by atoms with van der Waals surface area (Å²) >= 11 is 0. The number of hydrogen-bond donors (Lipinski definition) is 0. The molecule has 3 aromatic heterocycles. The molecule has 0 aliphatic carbocycles. The van der Waals surface area contributed by atoms with Gasteiger partial charge in [-0.25, -0.2) is 19.9 Å². The molecule has 0 spiro atoms. The standard InChI is InChI=1S/C62H36N4O/c1-2-16-38(17-3-1)60-64-61(66-62(65-60)43-30-29-37-15-4-5-18-39(37)33-43)42-20-14-19-40(34-42)56-57-49-25-10-12-27-53(49)63-59(52(57)36-55-58(56)50-26-11-13-28-54(50)67-55)41-31-32-48-46-23-7-6-21-44(46)45-22-8-9-24-47(45)51(48)35-41/h1-36H. The van der Waals surface area contributed by atoms with Crippen LogP contribution in [0.25, 0.3) is 143 Å². The van der Waals surface area contributed by atoms with Crippen molar-refractivity contribution in [3.8, 4) is 56.5 Å². The van der Waals surface area contributed by atoms with Crippen LogP contribution < -0.4 is 0 Å². The van der Waals surface area contributed by atoms with Gasteiger partial charge in [-0.1, -0.05) is 182 Å². The van der Waals surface area contributed by atoms with Crippen molar-refractivity contribution in [2.45, 2.75) is 0 Å². The quantitative estimate of drug-likeness (QED) is 0.161. The lowest BCUT2D eigenvalue weighted by atomic mass is 9.88. The molecule has 0 aliphatic heterocycles. The normalized spacial score (nSPS) is 11.9. The Hall–Kier alpha value is -9.06. The minimum Gasteiger partial charge on any atom is -0.456 e. The molecule has 11 aromatic carbocycles. The minimum absolute atomic E-state index is 0.593. The first-order valence-electron chi connectivity index (χ1n) is 22.6. The van der Waals surface area contributed by atoms with E-state index in [1.54, 1.807) is 0 Å². The van der Waals surface area contributed by atoms with Gasteiger partial charge in [0.05, 0.1) is 11.2 Å². The average Bonchev–Trinajstić information content (AvgIpc) is 3.78. The third kappa shape index (κ3) is 5.95. The van der Waals surface area contributed by atoms with E-state index in [1.165, 1.54) is 37.7 Å². The van der Waals surface area contributed by atoms with Crippen LogP contribution in [0.1, 0.15) is 0 Å². The lowest BCUT2D eigenvalue weighted by Gasteiger charge is -2.17. The van der Waals surface area contributed by atoms with Gasteiger partial charge in [-0.15, -0.1) is 0 Å². The van der Waals surface area contributed by atoms with Crippen LogP contribution in [0.3, 0.4) is 0 Å². The number of fused-ring (bicyclic) bond motifs is 13. The number of rotatable bonds is 5. The highest BCUT2D eigenvalue weighted by Gasteiger charge is 2.23. The molecular weight excluding hydrogens is 817 g/mol. The number of aromatic nitrogens is 4. The summed E-state index contributed by atoms with van der Waals surface area (Å²) in [5.74, 6) is 1.83. The summed E-state index contributed by atoms with van der Waals surface area (Å²) in [5.41, 5.74) is 9.32. The third-order valence-electron chi connectivity index (χ3n) is 13.4. The summed E-state index contributed by atoms with van der Waals surface area (Å²) in [6, 6.07) is 76.9. The third-order valence-corrected chi connectivity index (χ3v) is 13.4. The molecule has 14 aromatic rings. The zero-order valence-electron chi connectivity index (χ0n) is 36.0. The molecule has 0 saturated heterocycles. The van der Waals surface area contributed by atoms with Crippen molar-refractivity contribution in [2.24, 2.45) is 0 Å². The van der Waals surface area contributed by atoms with Crippen molar-refractivity contribution >= 4 is 86.7 Å². The lowest BCUT2D eigenvalue weighted by molar-refractivity contribution is 0.669. The van der Waals surface area contributed by atoms with Gasteiger partial charge in [0, 0.05) is 54.7 Å². The van der Waals surface area contributed by atoms with E-state index in [-0.39, 0.29) is 0 Å². The van der Waals surface area contributed by atoms with Gasteiger partial charge in [0.1, 0.15) is 11.2 Å². The Kier molecular flexibility index (Phi) is 8.21. The number of benzene rings is 11. The van der Waals surface area contributed by atoms with Crippen LogP contribution in [-0.2, 0) is 0 Å². The maximum atomic E-state index is 6.82. The minimum atomic E-state index is 0.593. The molecule has 0 bridgehead atoms. The first-order valence-corrected chi connectivity index (χ1v) is 22.6. The van der Waals surface area contributed by atoms with Crippen molar-refractivity contribution in [3.05, 3.63) is 218 Å². The topological polar surface area (TPSA) is 64.7 Å². The molecule has 0 atom stereocenters. The largest absolute Gasteiger partial charge is 0.456 e. The van der Waals surface area contributed by atoms with E-state index in [2.05, 4.69) is 182 Å². The van der Waals surface area contributed by atoms with E-state index >= 15 is 0 Å². The molecule has 0 N–H and O–H groups in total. The maximum absolute atomic E-state index is 6.82. The van der Waals surface area contributed by atoms with Gasteiger partial charge in [0.2, 0.25) is 0 Å². The van der Waals surface area contributed by atoms with Crippen LogP contribution >= 0.6 is 0 Å². The van der Waals surface area contributed by atoms with Gasteiger partial charge in [-0.05, 0) is 85.1 Å². The van der Waals surface area contributed by atoms with Crippen LogP contribution in [0.15, 0.2) is 223 Å². The summed E-state index contributed by atoms with van der Waals surface area (Å²) in [6.07, 6.45) is 0. The second-order valence-electron chi connectivity index (χ2n) is 17.3. The number of pyridine rings is 1. The summed E-state index contributed by atoms with van der Waals surface area (Å²) < 4.78 is 6.82. The van der Waals surface area contributed by atoms with E-state index in [9.17, 15) is 0 Å². The van der Waals surface area contributed by atoms with Crippen LogP contribution in [0.4, 0.5) is 0 Å². The van der Waals surface area contributed by atoms with Crippen molar-refractivity contribution in [1.82, 2.24) is 19.9 Å². The predicted octanol–water partition coefficient (Wildman–Crippen LogP) is 16.4. The zero-order valence-corrected chi connectivity index (χ0v) is 36.0. The Morgan fingerprint density at radius 1 is 0.269 bits per heavy atom. The van der Waals surface area contributed by atoms with Crippen molar-refractivity contribution < 1.29 is 4.42 Å². The summed E-state index contributed by atoms with van der Waals surface area (Å²) in [6.45, 7) is 0. The Morgan fingerprint density at radius 2 is 0.821 bits per heavy atom. The smallest absolute Gasteiger partial charge is 0.164 e. The molecule has 310 valence electrons. The molecule has 0 unspecified atom stereocenters. The van der Waals surface area contributed by atoms with E-state index in [0.717, 1.165) is 88.1 Å². The van der Waals surface area contributed by atoms with Gasteiger partial charge in [-0.3, -0.25) is 0 Å². The molecule has 14 rings (SSSR count). The molecule has 0 amide bonds. The summed E-state index contributed by atoms with van der Waals surface area (Å²) in [7, 11) is 0. The number of furan rings is 1. The molecule has 5 nitrogen and oxygen atoms in total. The van der Waals surface area contributed by atoms with Crippen LogP contribution in [-0.4, -0.2) is 19.9 Å². The van der Waals surface area contributed by atoms with Crippen LogP contribution in [0.2, 0.25) is 0 Å². The SMILES string of the molecule is c1ccc(-c2nc(-c3cccc(-c4c5c(cc6c(-c7ccc8c9ccccc9c9ccccc9c8c7)nc7ccccc7c46)oc4ccccc45)c3)nc(-c3ccc4ccccc4c3)n2)cc1. The van der Waals surface area contributed by atoms with Gasteiger partial charge >= 0.3 is 0 Å². The van der Waals surface area contributed by atoms with Crippen molar-refractivity contribution in [2.75, 3.05) is 0 Å². The second-order valence-corrected chi connectivity index (χ2v) is 17.3. The number of nitrogens with zero attached hydrogens (tertiary/aromatic N) is 4. The highest BCUT2D eigenvalue weighted by molar-refractivity contribution is 6.29. The molecule has 0 saturated carbocycles. The summed E-state index contributed by atoms with van der Waals surface area (Å²) in [4.78, 5) is 21.0. The van der Waals surface area contributed by atoms with Crippen molar-refractivity contribution in [1.29, 1.82) is 0 Å². The molecular formula is C62H36N4O. The fourth-order valence-corrected chi connectivity index (χ4v) is 10.4. The highest BCUT2D eigenvalue weighted by Crippen LogP contribution is 2.47. The van der Waals surface area contributed by atoms with E-state index in [4.69, 9.17) is 24.4 Å². The number of hydrogen-bond acceptors (Lipinski definition) is 5. The Bertz CT molecular complexity index is 4310. The maximum Gasteiger partial charge on any atom is 0.164 e. The molecule has 67 heavy (non-hydrogen) atoms. The van der Waals surface area contributed by atoms with Gasteiger partial charge in [-0.2, -0.15) is 0 Å². The van der Waals surface area contributed by atoms with E-state index < -0.39 is 0 Å².